The molecule has 192 valence electrons. The average Bonchev–Trinajstić information content (AvgIpc) is 2.75. The Bertz CT molecular complexity index is 440. The van der Waals surface area contributed by atoms with Gasteiger partial charge in [-0.25, -0.2) is 0 Å². The number of hydrogen-bond acceptors (Lipinski definition) is 6. The lowest BCUT2D eigenvalue weighted by Crippen LogP contribution is -2.26. The van der Waals surface area contributed by atoms with Crippen LogP contribution in [0.25, 0.3) is 0 Å². The second kappa shape index (κ2) is 20.1. The number of rotatable bonds is 18. The lowest BCUT2D eigenvalue weighted by Gasteiger charge is -2.23. The van der Waals surface area contributed by atoms with Crippen molar-refractivity contribution in [1.29, 1.82) is 0 Å². The Balaban J connectivity index is 0. The third-order valence-electron chi connectivity index (χ3n) is 5.47. The molecule has 0 fully saturated rings. The molecule has 0 aromatic heterocycles. The van der Waals surface area contributed by atoms with Gasteiger partial charge in [0.1, 0.15) is 0 Å². The average molecular weight is 493 g/mol. The first kappa shape index (κ1) is 33.8. The first-order valence-electron chi connectivity index (χ1n) is 12.7. The van der Waals surface area contributed by atoms with Crippen molar-refractivity contribution in [3.8, 4) is 0 Å². The number of carbonyl (C=O) groups is 2. The van der Waals surface area contributed by atoms with E-state index in [4.69, 9.17) is 9.47 Å². The number of ether oxygens (including phenoxy) is 2. The van der Waals surface area contributed by atoms with Gasteiger partial charge >= 0.3 is 11.9 Å². The van der Waals surface area contributed by atoms with Crippen LogP contribution in [0.2, 0.25) is 0 Å². The van der Waals surface area contributed by atoms with Crippen LogP contribution in [-0.2, 0) is 19.1 Å². The summed E-state index contributed by atoms with van der Waals surface area (Å²) in [6, 6.07) is 0. The van der Waals surface area contributed by atoms with Gasteiger partial charge in [0.15, 0.2) is 0 Å². The number of carbonyl (C=O) groups excluding carboxylic acids is 2. The summed E-state index contributed by atoms with van der Waals surface area (Å²) in [7, 11) is 0. The second-order valence-electron chi connectivity index (χ2n) is 9.27. The topological polar surface area (TPSA) is 52.6 Å². The molecule has 0 radical (unpaired) electrons. The van der Waals surface area contributed by atoms with E-state index in [9.17, 15) is 9.59 Å². The normalized spacial score (nSPS) is 11.7. The van der Waals surface area contributed by atoms with Crippen molar-refractivity contribution in [3.05, 3.63) is 0 Å². The van der Waals surface area contributed by atoms with E-state index in [1.165, 1.54) is 12.8 Å². The molecule has 0 aliphatic rings. The molecule has 0 saturated carbocycles. The molecule has 0 heterocycles. The third-order valence-corrected chi connectivity index (χ3v) is 7.25. The highest BCUT2D eigenvalue weighted by Gasteiger charge is 2.29. The van der Waals surface area contributed by atoms with Crippen LogP contribution in [0, 0.1) is 10.8 Å². The summed E-state index contributed by atoms with van der Waals surface area (Å²) in [5.74, 6) is 1.90. The summed E-state index contributed by atoms with van der Waals surface area (Å²) in [6.45, 7) is 16.5. The van der Waals surface area contributed by atoms with Gasteiger partial charge in [-0.3, -0.25) is 9.59 Å². The number of thiol groups is 1. The standard InChI is InChI=1S/C24H46O4S2.C2H6/c1-7-27-21(25)23(3,4)16-11-9-14-20(30-19-13-18-29)15-10-12-17-24(5,6)22(26)28-8-2;1-2/h20,29H,7-19H2,1-6H3;1-2H3. The minimum Gasteiger partial charge on any atom is -0.466 e. The molecule has 0 aliphatic heterocycles. The van der Waals surface area contributed by atoms with Crippen molar-refractivity contribution < 1.29 is 19.1 Å². The molecule has 0 aromatic carbocycles. The predicted octanol–water partition coefficient (Wildman–Crippen LogP) is 7.73. The van der Waals surface area contributed by atoms with Crippen LogP contribution >= 0.6 is 24.4 Å². The van der Waals surface area contributed by atoms with Gasteiger partial charge < -0.3 is 9.47 Å². The second-order valence-corrected chi connectivity index (χ2v) is 11.1. The Morgan fingerprint density at radius 2 is 1.19 bits per heavy atom. The third kappa shape index (κ3) is 16.3. The molecule has 0 saturated heterocycles. The Labute approximate surface area is 209 Å². The van der Waals surface area contributed by atoms with E-state index in [0.717, 1.165) is 56.5 Å². The molecule has 0 unspecified atom stereocenters. The highest BCUT2D eigenvalue weighted by atomic mass is 32.2. The first-order chi connectivity index (χ1) is 15.1. The molecule has 0 aliphatic carbocycles. The highest BCUT2D eigenvalue weighted by molar-refractivity contribution is 7.99. The summed E-state index contributed by atoms with van der Waals surface area (Å²) in [5, 5.41) is 0.640. The molecule has 0 rings (SSSR count). The van der Waals surface area contributed by atoms with Gasteiger partial charge in [0.05, 0.1) is 24.0 Å². The Kier molecular flexibility index (Phi) is 21.2. The minimum atomic E-state index is -0.399. The van der Waals surface area contributed by atoms with E-state index in [-0.39, 0.29) is 11.9 Å². The van der Waals surface area contributed by atoms with E-state index in [1.54, 1.807) is 0 Å². The molecule has 0 spiro atoms. The summed E-state index contributed by atoms with van der Waals surface area (Å²) in [4.78, 5) is 24.1. The zero-order chi connectivity index (χ0) is 25.0. The molecule has 0 aromatic rings. The molecule has 0 amide bonds. The maximum absolute atomic E-state index is 12.0. The number of thioether (sulfide) groups is 1. The minimum absolute atomic E-state index is 0.0890. The van der Waals surface area contributed by atoms with E-state index in [1.807, 2.05) is 55.4 Å². The number of unbranched alkanes of at least 4 members (excludes halogenated alkanes) is 2. The van der Waals surface area contributed by atoms with Crippen LogP contribution in [-0.4, -0.2) is 41.9 Å². The summed E-state index contributed by atoms with van der Waals surface area (Å²) >= 11 is 6.39. The maximum atomic E-state index is 12.0. The summed E-state index contributed by atoms with van der Waals surface area (Å²) in [6.07, 6.45) is 9.59. The van der Waals surface area contributed by atoms with Gasteiger partial charge in [0.2, 0.25) is 0 Å². The van der Waals surface area contributed by atoms with Crippen molar-refractivity contribution in [2.45, 2.75) is 118 Å². The lowest BCUT2D eigenvalue weighted by molar-refractivity contribution is -0.154. The Morgan fingerprint density at radius 3 is 1.53 bits per heavy atom. The van der Waals surface area contributed by atoms with Gasteiger partial charge in [-0.05, 0) is 85.2 Å². The smallest absolute Gasteiger partial charge is 0.311 e. The van der Waals surface area contributed by atoms with E-state index >= 15 is 0 Å². The van der Waals surface area contributed by atoms with E-state index in [0.29, 0.717) is 18.5 Å². The van der Waals surface area contributed by atoms with Gasteiger partial charge in [-0.1, -0.05) is 39.5 Å². The van der Waals surface area contributed by atoms with Gasteiger partial charge in [-0.15, -0.1) is 0 Å². The van der Waals surface area contributed by atoms with Crippen LogP contribution in [0.5, 0.6) is 0 Å². The van der Waals surface area contributed by atoms with Crippen molar-refractivity contribution in [3.63, 3.8) is 0 Å². The monoisotopic (exact) mass is 492 g/mol. The molecule has 0 bridgehead atoms. The van der Waals surface area contributed by atoms with Crippen molar-refractivity contribution in [2.24, 2.45) is 10.8 Å². The van der Waals surface area contributed by atoms with Crippen LogP contribution < -0.4 is 0 Å². The Morgan fingerprint density at radius 1 is 0.781 bits per heavy atom. The molecule has 32 heavy (non-hydrogen) atoms. The van der Waals surface area contributed by atoms with Crippen LogP contribution in [0.4, 0.5) is 0 Å². The maximum Gasteiger partial charge on any atom is 0.311 e. The zero-order valence-corrected chi connectivity index (χ0v) is 24.0. The predicted molar refractivity (Wildman–Crippen MR) is 144 cm³/mol. The zero-order valence-electron chi connectivity index (χ0n) is 22.3. The lowest BCUT2D eigenvalue weighted by atomic mass is 9.86. The van der Waals surface area contributed by atoms with Crippen molar-refractivity contribution >= 4 is 36.3 Å². The highest BCUT2D eigenvalue weighted by Crippen LogP contribution is 2.30. The van der Waals surface area contributed by atoms with Crippen LogP contribution in [0.1, 0.15) is 113 Å². The molecule has 4 nitrogen and oxygen atoms in total. The number of hydrogen-bond donors (Lipinski definition) is 1. The quantitative estimate of drug-likeness (QED) is 0.120. The van der Waals surface area contributed by atoms with E-state index in [2.05, 4.69) is 24.4 Å². The van der Waals surface area contributed by atoms with Crippen LogP contribution in [0.15, 0.2) is 0 Å². The van der Waals surface area contributed by atoms with Gasteiger partial charge in [0.25, 0.3) is 0 Å². The Hall–Kier alpha value is -0.360. The molecular weight excluding hydrogens is 440 g/mol. The molecule has 6 heteroatoms. The molecule has 0 N–H and O–H groups in total. The van der Waals surface area contributed by atoms with Crippen molar-refractivity contribution in [2.75, 3.05) is 24.7 Å². The van der Waals surface area contributed by atoms with Gasteiger partial charge in [-0.2, -0.15) is 24.4 Å². The first-order valence-corrected chi connectivity index (χ1v) is 14.4. The molecular formula is C26H52O4S2. The van der Waals surface area contributed by atoms with Gasteiger partial charge in [0, 0.05) is 5.25 Å². The fourth-order valence-electron chi connectivity index (χ4n) is 3.36. The molecule has 0 atom stereocenters. The fraction of sp³-hybridized carbons (Fsp3) is 0.923. The number of esters is 2. The van der Waals surface area contributed by atoms with E-state index < -0.39 is 10.8 Å². The SMILES string of the molecule is CC.CCOC(=O)C(C)(C)CCCCC(CCCCC(C)(C)C(=O)OCC)SCCCS. The van der Waals surface area contributed by atoms with Crippen molar-refractivity contribution in [1.82, 2.24) is 0 Å². The summed E-state index contributed by atoms with van der Waals surface area (Å²) < 4.78 is 10.4. The summed E-state index contributed by atoms with van der Waals surface area (Å²) in [5.41, 5.74) is -0.799. The largest absolute Gasteiger partial charge is 0.466 e. The fourth-order valence-corrected chi connectivity index (χ4v) is 5.04. The van der Waals surface area contributed by atoms with Crippen LogP contribution in [0.3, 0.4) is 0 Å².